The maximum Gasteiger partial charge on any atom is 0.305 e. The van der Waals surface area contributed by atoms with Crippen molar-refractivity contribution in [3.8, 4) is 0 Å². The van der Waals surface area contributed by atoms with Gasteiger partial charge in [-0.05, 0) is 68.1 Å². The van der Waals surface area contributed by atoms with Crippen molar-refractivity contribution in [1.82, 2.24) is 0 Å². The number of carbonyl (C=O) groups excluding carboxylic acids is 2. The lowest BCUT2D eigenvalue weighted by molar-refractivity contribution is -0.159. The summed E-state index contributed by atoms with van der Waals surface area (Å²) in [5, 5.41) is 0. The van der Waals surface area contributed by atoms with Crippen molar-refractivity contribution in [2.24, 2.45) is 28.6 Å². The molecule has 0 saturated heterocycles. The van der Waals surface area contributed by atoms with Crippen molar-refractivity contribution in [1.29, 1.82) is 0 Å². The van der Waals surface area contributed by atoms with Gasteiger partial charge in [0, 0.05) is 24.7 Å². The first-order chi connectivity index (χ1) is 13.8. The Kier molecular flexibility index (Phi) is 5.59. The van der Waals surface area contributed by atoms with E-state index in [9.17, 15) is 9.59 Å². The lowest BCUT2D eigenvalue weighted by Gasteiger charge is -2.57. The van der Waals surface area contributed by atoms with Gasteiger partial charge in [-0.1, -0.05) is 39.3 Å². The summed E-state index contributed by atoms with van der Waals surface area (Å²) in [6, 6.07) is 0. The highest BCUT2D eigenvalue weighted by molar-refractivity contribution is 5.69. The van der Waals surface area contributed by atoms with E-state index in [0.717, 1.165) is 38.5 Å². The van der Waals surface area contributed by atoms with Crippen LogP contribution in [-0.4, -0.2) is 24.1 Å². The van der Waals surface area contributed by atoms with E-state index >= 15 is 0 Å². The van der Waals surface area contributed by atoms with E-state index in [1.165, 1.54) is 18.4 Å². The minimum Gasteiger partial charge on any atom is -0.462 e. The Bertz CT molecular complexity index is 697. The van der Waals surface area contributed by atoms with E-state index in [-0.39, 0.29) is 35.0 Å². The first-order valence-electron chi connectivity index (χ1n) is 11.9. The second-order valence-electron chi connectivity index (χ2n) is 10.4. The summed E-state index contributed by atoms with van der Waals surface area (Å²) in [6.07, 6.45) is 12.4. The van der Waals surface area contributed by atoms with Gasteiger partial charge in [0.05, 0.1) is 0 Å². The molecule has 3 fully saturated rings. The van der Waals surface area contributed by atoms with Gasteiger partial charge in [-0.2, -0.15) is 0 Å². The number of allylic oxidation sites excluding steroid dienone is 1. The molecule has 4 rings (SSSR count). The maximum atomic E-state index is 12.0. The van der Waals surface area contributed by atoms with E-state index in [0.29, 0.717) is 30.6 Å². The van der Waals surface area contributed by atoms with Crippen LogP contribution in [0.25, 0.3) is 0 Å². The van der Waals surface area contributed by atoms with Crippen LogP contribution in [0.5, 0.6) is 0 Å². The molecule has 0 bridgehead atoms. The van der Waals surface area contributed by atoms with Crippen LogP contribution in [-0.2, 0) is 19.1 Å². The van der Waals surface area contributed by atoms with Crippen LogP contribution < -0.4 is 0 Å². The zero-order valence-corrected chi connectivity index (χ0v) is 18.7. The molecule has 0 aromatic heterocycles. The summed E-state index contributed by atoms with van der Waals surface area (Å²) in [7, 11) is 0. The molecule has 0 aromatic rings. The zero-order chi connectivity index (χ0) is 20.8. The molecular formula is C25H38O4. The quantitative estimate of drug-likeness (QED) is 0.454. The molecule has 0 heterocycles. The highest BCUT2D eigenvalue weighted by atomic mass is 16.5. The normalized spacial score (nSPS) is 43.4. The third-order valence-electron chi connectivity index (χ3n) is 9.12. The number of ether oxygens (including phenoxy) is 2. The average Bonchev–Trinajstić information content (AvgIpc) is 3.04. The SMILES string of the molecule is CCC(=O)OC1CC[C@@]2(C)C(=CCC3C4CCC(OC(=O)CC)[C@@]4(C)CCC32)C1. The monoisotopic (exact) mass is 402 g/mol. The van der Waals surface area contributed by atoms with E-state index in [4.69, 9.17) is 9.47 Å². The van der Waals surface area contributed by atoms with Gasteiger partial charge in [0.1, 0.15) is 12.2 Å². The molecule has 0 spiro atoms. The Morgan fingerprint density at radius 2 is 1.69 bits per heavy atom. The predicted octanol–water partition coefficient (Wildman–Crippen LogP) is 5.59. The molecule has 0 aliphatic heterocycles. The van der Waals surface area contributed by atoms with Crippen LogP contribution in [0, 0.1) is 28.6 Å². The topological polar surface area (TPSA) is 52.6 Å². The van der Waals surface area contributed by atoms with Crippen LogP contribution in [0.3, 0.4) is 0 Å². The molecule has 0 amide bonds. The second kappa shape index (κ2) is 7.74. The van der Waals surface area contributed by atoms with Crippen LogP contribution in [0.4, 0.5) is 0 Å². The largest absolute Gasteiger partial charge is 0.462 e. The molecule has 4 aliphatic rings. The van der Waals surface area contributed by atoms with E-state index in [2.05, 4.69) is 19.9 Å². The Hall–Kier alpha value is -1.32. The van der Waals surface area contributed by atoms with Crippen molar-refractivity contribution in [2.75, 3.05) is 0 Å². The van der Waals surface area contributed by atoms with Gasteiger partial charge in [0.15, 0.2) is 0 Å². The number of fused-ring (bicyclic) bond motifs is 5. The fourth-order valence-electron chi connectivity index (χ4n) is 7.38. The molecule has 7 atom stereocenters. The van der Waals surface area contributed by atoms with Crippen molar-refractivity contribution >= 4 is 11.9 Å². The summed E-state index contributed by atoms with van der Waals surface area (Å²) in [5.74, 6) is 1.95. The Balaban J connectivity index is 1.51. The Labute approximate surface area is 175 Å². The van der Waals surface area contributed by atoms with Crippen molar-refractivity contribution in [3.63, 3.8) is 0 Å². The van der Waals surface area contributed by atoms with Crippen molar-refractivity contribution in [3.05, 3.63) is 11.6 Å². The van der Waals surface area contributed by atoms with Gasteiger partial charge in [-0.15, -0.1) is 0 Å². The summed E-state index contributed by atoms with van der Waals surface area (Å²) in [5.41, 5.74) is 1.92. The molecule has 5 unspecified atom stereocenters. The molecular weight excluding hydrogens is 364 g/mol. The molecule has 0 N–H and O–H groups in total. The van der Waals surface area contributed by atoms with E-state index < -0.39 is 0 Å². The number of hydrogen-bond acceptors (Lipinski definition) is 4. The summed E-state index contributed by atoms with van der Waals surface area (Å²) >= 11 is 0. The summed E-state index contributed by atoms with van der Waals surface area (Å²) < 4.78 is 11.6. The summed E-state index contributed by atoms with van der Waals surface area (Å²) in [6.45, 7) is 8.61. The molecule has 3 saturated carbocycles. The molecule has 0 aromatic carbocycles. The fraction of sp³-hybridized carbons (Fsp3) is 0.840. The molecule has 0 radical (unpaired) electrons. The Morgan fingerprint density at radius 3 is 2.41 bits per heavy atom. The lowest BCUT2D eigenvalue weighted by Crippen LogP contribution is -2.51. The number of carbonyl (C=O) groups is 2. The predicted molar refractivity (Wildman–Crippen MR) is 112 cm³/mol. The highest BCUT2D eigenvalue weighted by Gasteiger charge is 2.59. The first-order valence-corrected chi connectivity index (χ1v) is 11.9. The molecule has 4 heteroatoms. The van der Waals surface area contributed by atoms with Gasteiger partial charge in [-0.25, -0.2) is 0 Å². The van der Waals surface area contributed by atoms with Crippen LogP contribution in [0.1, 0.15) is 91.9 Å². The van der Waals surface area contributed by atoms with E-state index in [1.54, 1.807) is 0 Å². The number of esters is 2. The van der Waals surface area contributed by atoms with Gasteiger partial charge in [0.25, 0.3) is 0 Å². The van der Waals surface area contributed by atoms with Gasteiger partial charge in [-0.3, -0.25) is 9.59 Å². The molecule has 4 nitrogen and oxygen atoms in total. The van der Waals surface area contributed by atoms with Gasteiger partial charge >= 0.3 is 11.9 Å². The molecule has 29 heavy (non-hydrogen) atoms. The standard InChI is InChI=1S/C25H38O4/c1-5-22(26)28-17-11-13-24(3)16(15-17)7-8-18-19-9-10-21(29-23(27)6-2)25(19,4)14-12-20(18)24/h7,17-21H,5-6,8-15H2,1-4H3/t17?,18?,19?,20?,21?,24-,25-/m0/s1. The van der Waals surface area contributed by atoms with Crippen LogP contribution >= 0.6 is 0 Å². The molecule has 4 aliphatic carbocycles. The minimum absolute atomic E-state index is 0.0447. The smallest absolute Gasteiger partial charge is 0.305 e. The fourth-order valence-corrected chi connectivity index (χ4v) is 7.38. The number of rotatable bonds is 4. The number of hydrogen-bond donors (Lipinski definition) is 0. The zero-order valence-electron chi connectivity index (χ0n) is 18.7. The summed E-state index contributed by atoms with van der Waals surface area (Å²) in [4.78, 5) is 23.7. The van der Waals surface area contributed by atoms with Crippen molar-refractivity contribution in [2.45, 2.75) is 104 Å². The highest BCUT2D eigenvalue weighted by Crippen LogP contribution is 2.65. The van der Waals surface area contributed by atoms with Crippen LogP contribution in [0.2, 0.25) is 0 Å². The third kappa shape index (κ3) is 3.45. The lowest BCUT2D eigenvalue weighted by atomic mass is 9.48. The van der Waals surface area contributed by atoms with Gasteiger partial charge in [0.2, 0.25) is 0 Å². The molecule has 162 valence electrons. The Morgan fingerprint density at radius 1 is 0.966 bits per heavy atom. The van der Waals surface area contributed by atoms with E-state index in [1.807, 2.05) is 13.8 Å². The first kappa shape index (κ1) is 20.9. The minimum atomic E-state index is -0.0695. The van der Waals surface area contributed by atoms with Crippen molar-refractivity contribution < 1.29 is 19.1 Å². The van der Waals surface area contributed by atoms with Gasteiger partial charge < -0.3 is 9.47 Å². The second-order valence-corrected chi connectivity index (χ2v) is 10.4. The average molecular weight is 403 g/mol. The maximum absolute atomic E-state index is 12.0. The van der Waals surface area contributed by atoms with Crippen LogP contribution in [0.15, 0.2) is 11.6 Å². The third-order valence-corrected chi connectivity index (χ3v) is 9.12.